The summed E-state index contributed by atoms with van der Waals surface area (Å²) in [5.74, 6) is 0. The van der Waals surface area contributed by atoms with E-state index in [1.54, 1.807) is 28.3 Å². The normalized spacial score (nSPS) is 15.3. The third-order valence-electron chi connectivity index (χ3n) is 6.14. The average Bonchev–Trinajstić information content (AvgIpc) is 2.78. The Hall–Kier alpha value is 0.00870. The van der Waals surface area contributed by atoms with Gasteiger partial charge < -0.3 is 0 Å². The number of hydrogen-bond donors (Lipinski definition) is 0. The topological polar surface area (TPSA) is 17.8 Å². The van der Waals surface area contributed by atoms with Crippen molar-refractivity contribution in [3.05, 3.63) is 11.3 Å². The summed E-state index contributed by atoms with van der Waals surface area (Å²) in [5.41, 5.74) is 3.35. The van der Waals surface area contributed by atoms with Crippen molar-refractivity contribution in [3.63, 3.8) is 0 Å². The molecule has 0 saturated heterocycles. The SMILES string of the molecule is CCC[CH2][Sn]([CH2]CCC)([CH2]CCC)[c]1nn(C)c2c1CCCCC2. The monoisotopic (exact) mass is 440 g/mol. The molecule has 138 valence electrons. The number of aryl methyl sites for hydroxylation is 1. The first-order valence-electron chi connectivity index (χ1n) is 10.7. The van der Waals surface area contributed by atoms with Crippen molar-refractivity contribution in [3.8, 4) is 0 Å². The summed E-state index contributed by atoms with van der Waals surface area (Å²) in [6, 6.07) is 0. The van der Waals surface area contributed by atoms with Crippen molar-refractivity contribution in [2.45, 2.75) is 105 Å². The van der Waals surface area contributed by atoms with Crippen LogP contribution < -0.4 is 3.71 Å². The molecule has 0 spiro atoms. The van der Waals surface area contributed by atoms with Crippen molar-refractivity contribution in [2.24, 2.45) is 7.05 Å². The molecule has 2 rings (SSSR count). The summed E-state index contributed by atoms with van der Waals surface area (Å²) in [6.45, 7) is 7.11. The number of rotatable bonds is 10. The van der Waals surface area contributed by atoms with Crippen LogP contribution in [0.15, 0.2) is 0 Å². The summed E-state index contributed by atoms with van der Waals surface area (Å²) < 4.78 is 8.67. The van der Waals surface area contributed by atoms with E-state index in [9.17, 15) is 0 Å². The summed E-state index contributed by atoms with van der Waals surface area (Å²) in [4.78, 5) is 0. The predicted molar refractivity (Wildman–Crippen MR) is 109 cm³/mol. The zero-order chi connectivity index (χ0) is 17.4. The van der Waals surface area contributed by atoms with Crippen LogP contribution in [-0.4, -0.2) is 28.2 Å². The van der Waals surface area contributed by atoms with Gasteiger partial charge in [0.05, 0.1) is 0 Å². The molecule has 0 fully saturated rings. The molecule has 1 aliphatic carbocycles. The van der Waals surface area contributed by atoms with Crippen LogP contribution in [0.1, 0.15) is 89.8 Å². The van der Waals surface area contributed by atoms with Crippen molar-refractivity contribution in [2.75, 3.05) is 0 Å². The molecule has 1 aromatic heterocycles. The molecule has 3 heteroatoms. The quantitative estimate of drug-likeness (QED) is 0.336. The molecule has 0 unspecified atom stereocenters. The van der Waals surface area contributed by atoms with Crippen molar-refractivity contribution in [1.29, 1.82) is 0 Å². The van der Waals surface area contributed by atoms with E-state index >= 15 is 0 Å². The molecule has 24 heavy (non-hydrogen) atoms. The molecule has 0 saturated carbocycles. The second-order valence-electron chi connectivity index (χ2n) is 8.05. The van der Waals surface area contributed by atoms with Crippen molar-refractivity contribution < 1.29 is 0 Å². The Morgan fingerprint density at radius 2 is 1.38 bits per heavy atom. The number of nitrogens with zero attached hydrogens (tertiary/aromatic N) is 2. The third-order valence-corrected chi connectivity index (χ3v) is 21.4. The van der Waals surface area contributed by atoms with Crippen LogP contribution in [0.2, 0.25) is 13.3 Å². The molecule has 0 aromatic carbocycles. The molecule has 0 bridgehead atoms. The van der Waals surface area contributed by atoms with Gasteiger partial charge in [-0.3, -0.25) is 0 Å². The maximum absolute atomic E-state index is 5.28. The molecular formula is C21H40N2Sn. The Kier molecular flexibility index (Phi) is 8.66. The van der Waals surface area contributed by atoms with E-state index in [4.69, 9.17) is 5.10 Å². The van der Waals surface area contributed by atoms with Gasteiger partial charge >= 0.3 is 155 Å². The van der Waals surface area contributed by atoms with Gasteiger partial charge in [-0.25, -0.2) is 0 Å². The first-order chi connectivity index (χ1) is 11.7. The molecule has 1 heterocycles. The van der Waals surface area contributed by atoms with Gasteiger partial charge in [-0.15, -0.1) is 0 Å². The fraction of sp³-hybridized carbons (Fsp3) is 0.857. The number of fused-ring (bicyclic) bond motifs is 1. The van der Waals surface area contributed by atoms with E-state index in [2.05, 4.69) is 32.5 Å². The molecular weight excluding hydrogens is 399 g/mol. The summed E-state index contributed by atoms with van der Waals surface area (Å²) in [6.07, 6.45) is 15.1. The average molecular weight is 439 g/mol. The van der Waals surface area contributed by atoms with Gasteiger partial charge in [-0.2, -0.15) is 0 Å². The van der Waals surface area contributed by atoms with Crippen LogP contribution in [-0.2, 0) is 19.9 Å². The van der Waals surface area contributed by atoms with Crippen LogP contribution in [0, 0.1) is 0 Å². The van der Waals surface area contributed by atoms with Crippen LogP contribution >= 0.6 is 0 Å². The Morgan fingerprint density at radius 3 is 1.92 bits per heavy atom. The van der Waals surface area contributed by atoms with E-state index < -0.39 is 18.4 Å². The summed E-state index contributed by atoms with van der Waals surface area (Å²) >= 11 is -2.36. The van der Waals surface area contributed by atoms with Gasteiger partial charge in [0.2, 0.25) is 0 Å². The van der Waals surface area contributed by atoms with Gasteiger partial charge in [-0.05, 0) is 0 Å². The summed E-state index contributed by atoms with van der Waals surface area (Å²) in [7, 11) is 2.23. The number of hydrogen-bond acceptors (Lipinski definition) is 1. The number of aromatic nitrogens is 2. The van der Waals surface area contributed by atoms with Gasteiger partial charge in [-0.1, -0.05) is 0 Å². The Morgan fingerprint density at radius 1 is 0.833 bits per heavy atom. The second kappa shape index (κ2) is 10.2. The van der Waals surface area contributed by atoms with E-state index in [-0.39, 0.29) is 0 Å². The van der Waals surface area contributed by atoms with E-state index in [1.807, 2.05) is 0 Å². The molecule has 1 aliphatic rings. The van der Waals surface area contributed by atoms with Gasteiger partial charge in [0.15, 0.2) is 0 Å². The Bertz CT molecular complexity index is 470. The zero-order valence-electron chi connectivity index (χ0n) is 16.8. The molecule has 1 aromatic rings. The van der Waals surface area contributed by atoms with Crippen LogP contribution in [0.25, 0.3) is 0 Å². The maximum atomic E-state index is 5.28. The Balaban J connectivity index is 2.43. The molecule has 0 N–H and O–H groups in total. The minimum absolute atomic E-state index is 1.27. The van der Waals surface area contributed by atoms with E-state index in [0.717, 1.165) is 0 Å². The van der Waals surface area contributed by atoms with E-state index in [0.29, 0.717) is 0 Å². The fourth-order valence-electron chi connectivity index (χ4n) is 4.65. The second-order valence-corrected chi connectivity index (χ2v) is 21.0. The number of unbranched alkanes of at least 4 members (excludes halogenated alkanes) is 3. The molecule has 0 radical (unpaired) electrons. The summed E-state index contributed by atoms with van der Waals surface area (Å²) in [5, 5.41) is 5.28. The molecule has 0 atom stereocenters. The van der Waals surface area contributed by atoms with Crippen LogP contribution in [0.4, 0.5) is 0 Å². The van der Waals surface area contributed by atoms with E-state index in [1.165, 1.54) is 70.6 Å². The van der Waals surface area contributed by atoms with Crippen LogP contribution in [0.5, 0.6) is 0 Å². The molecule has 0 amide bonds. The predicted octanol–water partition coefficient (Wildman–Crippen LogP) is 5.75. The molecule has 2 nitrogen and oxygen atoms in total. The fourth-order valence-corrected chi connectivity index (χ4v) is 21.3. The first-order valence-corrected chi connectivity index (χ1v) is 18.2. The van der Waals surface area contributed by atoms with Gasteiger partial charge in [0.25, 0.3) is 0 Å². The van der Waals surface area contributed by atoms with Crippen molar-refractivity contribution in [1.82, 2.24) is 9.78 Å². The first kappa shape index (κ1) is 20.3. The van der Waals surface area contributed by atoms with Crippen molar-refractivity contribution >= 4 is 22.1 Å². The van der Waals surface area contributed by atoms with Gasteiger partial charge in [0.1, 0.15) is 0 Å². The van der Waals surface area contributed by atoms with Crippen LogP contribution in [0.3, 0.4) is 0 Å². The standard InChI is InChI=1S/C9H13N2.3C4H9.Sn/c1-11-9-6-4-2-3-5-8(9)7-10-11;3*1-3-4-2;/h2-6H2,1H3;3*1,3-4H2,2H3;. The van der Waals surface area contributed by atoms with Gasteiger partial charge in [0, 0.05) is 0 Å². The minimum atomic E-state index is -2.36. The third kappa shape index (κ3) is 4.80. The zero-order valence-corrected chi connectivity index (χ0v) is 19.6. The molecule has 0 aliphatic heterocycles. The Labute approximate surface area is 154 Å².